The van der Waals surface area contributed by atoms with Crippen molar-refractivity contribution in [1.29, 1.82) is 0 Å². The van der Waals surface area contributed by atoms with Crippen LogP contribution in [0.15, 0.2) is 97.2 Å². The van der Waals surface area contributed by atoms with Crippen molar-refractivity contribution in [2.24, 2.45) is 0 Å². The van der Waals surface area contributed by atoms with E-state index in [9.17, 15) is 43.2 Å². The van der Waals surface area contributed by atoms with Gasteiger partial charge >= 0.3 is 39.5 Å². The van der Waals surface area contributed by atoms with Crippen molar-refractivity contribution < 1.29 is 80.2 Å². The lowest BCUT2D eigenvalue weighted by atomic mass is 10.1. The van der Waals surface area contributed by atoms with E-state index in [-0.39, 0.29) is 25.7 Å². The molecule has 0 spiro atoms. The van der Waals surface area contributed by atoms with E-state index in [0.717, 1.165) is 161 Å². The van der Waals surface area contributed by atoms with Crippen molar-refractivity contribution in [3.8, 4) is 0 Å². The molecular formula is C83H146O17P2. The van der Waals surface area contributed by atoms with Crippen LogP contribution in [-0.2, 0) is 65.4 Å². The van der Waals surface area contributed by atoms with Crippen molar-refractivity contribution in [3.63, 3.8) is 0 Å². The summed E-state index contributed by atoms with van der Waals surface area (Å²) < 4.78 is 68.6. The van der Waals surface area contributed by atoms with Gasteiger partial charge in [0.25, 0.3) is 0 Å². The first-order valence-corrected chi connectivity index (χ1v) is 43.5. The molecule has 0 aliphatic rings. The van der Waals surface area contributed by atoms with Crippen molar-refractivity contribution in [2.45, 2.75) is 367 Å². The standard InChI is InChI=1S/C83H146O17P2/c1-5-9-13-17-21-25-29-33-37-38-42-44-48-52-56-60-64-68-81(86)94-74-79(100-83(88)70-66-62-58-54-50-46-41-36-32-28-24-20-16-12-8-4)76-98-102(91,92)96-72-77(84)71-95-101(89,90)97-75-78(99-82(87)69-65-61-57-53-49-45-40-35-31-27-23-19-15-11-7-3)73-93-80(85)67-63-59-55-51-47-43-39-34-30-26-22-18-14-10-6-2/h21,23,25-28,30,32-33,35,37,40,42,44,52,56,77-79,84H,5-20,22,24,29,31,34,36,38-39,41,43,45-51,53-55,57-76H2,1-4H3,(H,89,90)(H,91,92)/b25-21-,27-23-,30-26-,32-28-,37-33-,40-35-,44-42-,56-52-/t77-,78+,79+/m0/s1. The van der Waals surface area contributed by atoms with Crippen molar-refractivity contribution in [2.75, 3.05) is 39.6 Å². The van der Waals surface area contributed by atoms with Crippen LogP contribution in [0.5, 0.6) is 0 Å². The largest absolute Gasteiger partial charge is 0.472 e. The number of rotatable bonds is 76. The molecule has 0 rings (SSSR count). The first kappa shape index (κ1) is 98.0. The Bertz CT molecular complexity index is 2310. The lowest BCUT2D eigenvalue weighted by Crippen LogP contribution is -2.30. The monoisotopic (exact) mass is 1480 g/mol. The van der Waals surface area contributed by atoms with E-state index in [1.165, 1.54) is 103 Å². The summed E-state index contributed by atoms with van der Waals surface area (Å²) in [6.45, 7) is 4.75. The van der Waals surface area contributed by atoms with Crippen LogP contribution in [0.1, 0.15) is 349 Å². The molecule has 0 radical (unpaired) electrons. The van der Waals surface area contributed by atoms with Gasteiger partial charge in [0.2, 0.25) is 0 Å². The van der Waals surface area contributed by atoms with Crippen LogP contribution in [0.25, 0.3) is 0 Å². The predicted molar refractivity (Wildman–Crippen MR) is 418 cm³/mol. The van der Waals surface area contributed by atoms with Gasteiger partial charge in [0.15, 0.2) is 12.2 Å². The Morgan fingerprint density at radius 2 is 0.490 bits per heavy atom. The van der Waals surface area contributed by atoms with E-state index >= 15 is 0 Å². The number of phosphoric acid groups is 2. The minimum absolute atomic E-state index is 0.0779. The van der Waals surface area contributed by atoms with E-state index in [0.29, 0.717) is 32.1 Å². The molecule has 0 aliphatic carbocycles. The molecule has 0 amide bonds. The summed E-state index contributed by atoms with van der Waals surface area (Å²) in [7, 11) is -9.97. The highest BCUT2D eigenvalue weighted by Gasteiger charge is 2.30. The fourth-order valence-electron chi connectivity index (χ4n) is 10.8. The summed E-state index contributed by atoms with van der Waals surface area (Å²) in [6.07, 6.45) is 79.5. The van der Waals surface area contributed by atoms with E-state index < -0.39 is 97.5 Å². The molecule has 0 fully saturated rings. The maximum atomic E-state index is 13.1. The van der Waals surface area contributed by atoms with Crippen LogP contribution in [0, 0.1) is 0 Å². The number of carbonyl (C=O) groups excluding carboxylic acids is 4. The zero-order chi connectivity index (χ0) is 74.6. The lowest BCUT2D eigenvalue weighted by Gasteiger charge is -2.21. The second kappa shape index (κ2) is 75.2. The van der Waals surface area contributed by atoms with Crippen molar-refractivity contribution in [3.05, 3.63) is 97.2 Å². The number of phosphoric ester groups is 2. The van der Waals surface area contributed by atoms with E-state index in [1.807, 2.05) is 12.2 Å². The van der Waals surface area contributed by atoms with Gasteiger partial charge in [-0.15, -0.1) is 0 Å². The molecule has 0 bridgehead atoms. The number of aliphatic hydroxyl groups excluding tert-OH is 1. The Labute approximate surface area is 620 Å². The highest BCUT2D eigenvalue weighted by atomic mass is 31.2. The van der Waals surface area contributed by atoms with Gasteiger partial charge in [-0.2, -0.15) is 0 Å². The quantitative estimate of drug-likeness (QED) is 0.0169. The summed E-state index contributed by atoms with van der Waals surface area (Å²) in [5, 5.41) is 10.6. The van der Waals surface area contributed by atoms with E-state index in [2.05, 4.69) is 113 Å². The molecule has 102 heavy (non-hydrogen) atoms. The fourth-order valence-corrected chi connectivity index (χ4v) is 12.3. The summed E-state index contributed by atoms with van der Waals surface area (Å²) in [5.41, 5.74) is 0. The summed E-state index contributed by atoms with van der Waals surface area (Å²) in [4.78, 5) is 73.0. The van der Waals surface area contributed by atoms with Crippen LogP contribution in [0.3, 0.4) is 0 Å². The predicted octanol–water partition coefficient (Wildman–Crippen LogP) is 23.6. The molecule has 0 aromatic rings. The molecule has 2 unspecified atom stereocenters. The normalized spacial score (nSPS) is 14.4. The summed E-state index contributed by atoms with van der Waals surface area (Å²) in [6, 6.07) is 0. The topological polar surface area (TPSA) is 237 Å². The molecule has 0 aliphatic heterocycles. The summed E-state index contributed by atoms with van der Waals surface area (Å²) >= 11 is 0. The molecule has 0 aromatic carbocycles. The van der Waals surface area contributed by atoms with Gasteiger partial charge in [0, 0.05) is 25.7 Å². The number of esters is 4. The number of carbonyl (C=O) groups is 4. The smallest absolute Gasteiger partial charge is 0.462 e. The highest BCUT2D eigenvalue weighted by Crippen LogP contribution is 2.45. The van der Waals surface area contributed by atoms with Gasteiger partial charge in [-0.05, 0) is 148 Å². The second-order valence-corrected chi connectivity index (χ2v) is 29.9. The highest BCUT2D eigenvalue weighted by molar-refractivity contribution is 7.47. The van der Waals surface area contributed by atoms with Gasteiger partial charge < -0.3 is 33.8 Å². The van der Waals surface area contributed by atoms with E-state index in [4.69, 9.17) is 37.0 Å². The number of hydrogen-bond donors (Lipinski definition) is 3. The summed E-state index contributed by atoms with van der Waals surface area (Å²) in [5.74, 6) is -2.25. The molecule has 5 atom stereocenters. The molecule has 590 valence electrons. The average Bonchev–Trinajstić information content (AvgIpc) is 0.923. The number of ether oxygens (including phenoxy) is 4. The fraction of sp³-hybridized carbons (Fsp3) is 0.759. The molecule has 0 saturated carbocycles. The van der Waals surface area contributed by atoms with Gasteiger partial charge in [-0.1, -0.05) is 273 Å². The van der Waals surface area contributed by atoms with Crippen LogP contribution in [0.2, 0.25) is 0 Å². The minimum Gasteiger partial charge on any atom is -0.462 e. The van der Waals surface area contributed by atoms with E-state index in [1.54, 1.807) is 0 Å². The molecule has 0 saturated heterocycles. The van der Waals surface area contributed by atoms with Crippen LogP contribution in [-0.4, -0.2) is 96.7 Å². The molecule has 0 heterocycles. The zero-order valence-corrected chi connectivity index (χ0v) is 66.3. The van der Waals surface area contributed by atoms with Gasteiger partial charge in [0.05, 0.1) is 26.4 Å². The Kier molecular flexibility index (Phi) is 72.3. The first-order valence-electron chi connectivity index (χ1n) is 40.5. The number of unbranched alkanes of at least 4 members (excludes halogenated alkanes) is 34. The first-order chi connectivity index (χ1) is 49.7. The van der Waals surface area contributed by atoms with Crippen LogP contribution in [0.4, 0.5) is 0 Å². The number of aliphatic hydroxyl groups is 1. The zero-order valence-electron chi connectivity index (χ0n) is 64.5. The maximum Gasteiger partial charge on any atom is 0.472 e. The van der Waals surface area contributed by atoms with Gasteiger partial charge in [-0.3, -0.25) is 37.3 Å². The third-order valence-electron chi connectivity index (χ3n) is 17.0. The van der Waals surface area contributed by atoms with Gasteiger partial charge in [0.1, 0.15) is 19.3 Å². The van der Waals surface area contributed by atoms with Crippen LogP contribution < -0.4 is 0 Å². The maximum absolute atomic E-state index is 13.1. The Balaban J connectivity index is 5.41. The number of hydrogen-bond acceptors (Lipinski definition) is 15. The van der Waals surface area contributed by atoms with Gasteiger partial charge in [-0.25, -0.2) is 9.13 Å². The second-order valence-electron chi connectivity index (χ2n) is 27.0. The Hall–Kier alpha value is -4.02. The van der Waals surface area contributed by atoms with Crippen molar-refractivity contribution >= 4 is 39.5 Å². The van der Waals surface area contributed by atoms with Crippen LogP contribution >= 0.6 is 15.6 Å². The molecule has 19 heteroatoms. The SMILES string of the molecule is CCCCC/C=C\C/C=C\C/C=C\C/C=C\CCCC(=O)OC[C@H](COP(=O)(O)OC[C@@H](O)COP(=O)(O)OC[C@@H](COC(=O)CCCCCCCCC/C=C\CCCCCC)OC(=O)CCCCCCC/C=C\C/C=C\CCCCC)OC(=O)CCCCCCCCC/C=C\CCCCCC. The third kappa shape index (κ3) is 74.3. The molecule has 17 nitrogen and oxygen atoms in total. The third-order valence-corrected chi connectivity index (χ3v) is 18.9. The average molecular weight is 1480 g/mol. The Morgan fingerprint density at radius 3 is 0.804 bits per heavy atom. The Morgan fingerprint density at radius 1 is 0.275 bits per heavy atom. The molecule has 3 N–H and O–H groups in total. The molecular weight excluding hydrogens is 1330 g/mol. The number of allylic oxidation sites excluding steroid dienone is 16. The minimum atomic E-state index is -4.99. The lowest BCUT2D eigenvalue weighted by molar-refractivity contribution is -0.161. The molecule has 0 aromatic heterocycles. The van der Waals surface area contributed by atoms with Crippen molar-refractivity contribution in [1.82, 2.24) is 0 Å².